The molecule has 0 aromatic heterocycles. The predicted molar refractivity (Wildman–Crippen MR) is 94.5 cm³/mol. The number of aryl methyl sites for hydroxylation is 1. The van der Waals surface area contributed by atoms with E-state index in [1.807, 2.05) is 36.4 Å². The summed E-state index contributed by atoms with van der Waals surface area (Å²) in [6.07, 6.45) is -2.71. The second-order valence-corrected chi connectivity index (χ2v) is 6.11. The van der Waals surface area contributed by atoms with E-state index in [4.69, 9.17) is 0 Å². The van der Waals surface area contributed by atoms with Crippen molar-refractivity contribution in [3.63, 3.8) is 0 Å². The van der Waals surface area contributed by atoms with Gasteiger partial charge in [-0.2, -0.15) is 13.2 Å². The van der Waals surface area contributed by atoms with Crippen molar-refractivity contribution in [3.05, 3.63) is 107 Å². The van der Waals surface area contributed by atoms with Crippen molar-refractivity contribution in [1.82, 2.24) is 0 Å². The van der Waals surface area contributed by atoms with E-state index < -0.39 is 11.7 Å². The third-order valence-electron chi connectivity index (χ3n) is 4.41. The maximum atomic E-state index is 12.7. The number of halogens is 3. The molecule has 0 N–H and O–H groups in total. The zero-order valence-electron chi connectivity index (χ0n) is 13.7. The lowest BCUT2D eigenvalue weighted by atomic mass is 9.86. The van der Waals surface area contributed by atoms with E-state index in [-0.39, 0.29) is 5.92 Å². The molecule has 3 aromatic carbocycles. The largest absolute Gasteiger partial charge is 0.416 e. The number of hydrogen-bond donors (Lipinski definition) is 0. The molecule has 0 amide bonds. The lowest BCUT2D eigenvalue weighted by Crippen LogP contribution is -2.05. The van der Waals surface area contributed by atoms with Crippen LogP contribution >= 0.6 is 0 Å². The Morgan fingerprint density at radius 3 is 1.56 bits per heavy atom. The molecule has 0 unspecified atom stereocenters. The Bertz CT molecular complexity index is 736. The molecule has 0 aliphatic rings. The average molecular weight is 340 g/mol. The number of alkyl halides is 3. The molecular weight excluding hydrogens is 321 g/mol. The second kappa shape index (κ2) is 7.56. The van der Waals surface area contributed by atoms with Crippen molar-refractivity contribution in [2.45, 2.75) is 24.9 Å². The number of hydrogen-bond acceptors (Lipinski definition) is 0. The van der Waals surface area contributed by atoms with Crippen molar-refractivity contribution in [3.8, 4) is 0 Å². The maximum absolute atomic E-state index is 12.7. The van der Waals surface area contributed by atoms with Crippen LogP contribution in [0.25, 0.3) is 0 Å². The van der Waals surface area contributed by atoms with Gasteiger partial charge in [-0.3, -0.25) is 0 Å². The van der Waals surface area contributed by atoms with Crippen molar-refractivity contribution in [2.75, 3.05) is 0 Å². The summed E-state index contributed by atoms with van der Waals surface area (Å²) in [6.45, 7) is 0. The van der Waals surface area contributed by atoms with Crippen LogP contribution in [0, 0.1) is 0 Å². The molecule has 0 aliphatic heterocycles. The van der Waals surface area contributed by atoms with Crippen LogP contribution in [0.4, 0.5) is 13.2 Å². The fourth-order valence-electron chi connectivity index (χ4n) is 3.07. The summed E-state index contributed by atoms with van der Waals surface area (Å²) in [5, 5.41) is 0. The van der Waals surface area contributed by atoms with E-state index in [9.17, 15) is 13.2 Å². The molecule has 0 radical (unpaired) electrons. The monoisotopic (exact) mass is 340 g/mol. The third-order valence-corrected chi connectivity index (χ3v) is 4.41. The first-order valence-electron chi connectivity index (χ1n) is 8.30. The van der Waals surface area contributed by atoms with Crippen LogP contribution in [0.15, 0.2) is 84.9 Å². The van der Waals surface area contributed by atoms with Gasteiger partial charge in [-0.05, 0) is 41.7 Å². The molecule has 0 fully saturated rings. The van der Waals surface area contributed by atoms with Gasteiger partial charge >= 0.3 is 6.18 Å². The molecule has 0 aliphatic carbocycles. The van der Waals surface area contributed by atoms with Gasteiger partial charge in [-0.25, -0.2) is 0 Å². The van der Waals surface area contributed by atoms with E-state index in [1.165, 1.54) is 11.1 Å². The van der Waals surface area contributed by atoms with Crippen LogP contribution in [-0.2, 0) is 12.6 Å². The summed E-state index contributed by atoms with van der Waals surface area (Å²) in [5.74, 6) is 0.227. The van der Waals surface area contributed by atoms with Crippen LogP contribution in [0.2, 0.25) is 0 Å². The highest BCUT2D eigenvalue weighted by Crippen LogP contribution is 2.31. The van der Waals surface area contributed by atoms with Gasteiger partial charge in [0.1, 0.15) is 0 Å². The van der Waals surface area contributed by atoms with Crippen LogP contribution in [0.3, 0.4) is 0 Å². The first-order valence-corrected chi connectivity index (χ1v) is 8.30. The minimum absolute atomic E-state index is 0.227. The van der Waals surface area contributed by atoms with Crippen LogP contribution in [0.5, 0.6) is 0 Å². The van der Waals surface area contributed by atoms with Crippen molar-refractivity contribution in [1.29, 1.82) is 0 Å². The minimum atomic E-state index is -4.28. The molecule has 0 heterocycles. The van der Waals surface area contributed by atoms with Gasteiger partial charge in [0.05, 0.1) is 5.56 Å². The van der Waals surface area contributed by atoms with Gasteiger partial charge in [0.15, 0.2) is 0 Å². The summed E-state index contributed by atoms with van der Waals surface area (Å²) in [4.78, 5) is 0. The lowest BCUT2D eigenvalue weighted by molar-refractivity contribution is -0.137. The molecule has 0 saturated heterocycles. The molecule has 0 saturated carbocycles. The van der Waals surface area contributed by atoms with Gasteiger partial charge in [0, 0.05) is 5.92 Å². The van der Waals surface area contributed by atoms with Crippen LogP contribution in [-0.4, -0.2) is 0 Å². The quantitative estimate of drug-likeness (QED) is 0.499. The summed E-state index contributed by atoms with van der Waals surface area (Å²) in [5.41, 5.74) is 2.77. The summed E-state index contributed by atoms with van der Waals surface area (Å²) >= 11 is 0. The van der Waals surface area contributed by atoms with E-state index >= 15 is 0 Å². The minimum Gasteiger partial charge on any atom is -0.166 e. The SMILES string of the molecule is FC(F)(F)c1ccc(CCC(c2ccccc2)c2ccccc2)cc1. The standard InChI is InChI=1S/C22H19F3/c23-22(24,25)20-14-11-17(12-15-20)13-16-21(18-7-3-1-4-8-18)19-9-5-2-6-10-19/h1-12,14-15,21H,13,16H2. The average Bonchev–Trinajstić information content (AvgIpc) is 2.63. The Balaban J connectivity index is 1.77. The second-order valence-electron chi connectivity index (χ2n) is 6.11. The molecule has 0 bridgehead atoms. The zero-order chi connectivity index (χ0) is 17.7. The highest BCUT2D eigenvalue weighted by molar-refractivity contribution is 5.33. The van der Waals surface area contributed by atoms with Gasteiger partial charge in [-0.1, -0.05) is 72.8 Å². The van der Waals surface area contributed by atoms with Gasteiger partial charge in [0.2, 0.25) is 0 Å². The Morgan fingerprint density at radius 1 is 0.640 bits per heavy atom. The fourth-order valence-corrected chi connectivity index (χ4v) is 3.07. The van der Waals surface area contributed by atoms with Gasteiger partial charge < -0.3 is 0 Å². The van der Waals surface area contributed by atoms with Crippen LogP contribution in [0.1, 0.15) is 34.6 Å². The van der Waals surface area contributed by atoms with Crippen molar-refractivity contribution < 1.29 is 13.2 Å². The smallest absolute Gasteiger partial charge is 0.166 e. The molecule has 3 aromatic rings. The Labute approximate surface area is 146 Å². The zero-order valence-corrected chi connectivity index (χ0v) is 13.7. The molecule has 3 rings (SSSR count). The fraction of sp³-hybridized carbons (Fsp3) is 0.182. The normalized spacial score (nSPS) is 11.7. The van der Waals surface area contributed by atoms with Gasteiger partial charge in [-0.15, -0.1) is 0 Å². The molecule has 0 nitrogen and oxygen atoms in total. The molecule has 3 heteroatoms. The highest BCUT2D eigenvalue weighted by atomic mass is 19.4. The van der Waals surface area contributed by atoms with E-state index in [2.05, 4.69) is 24.3 Å². The first kappa shape index (κ1) is 17.3. The van der Waals surface area contributed by atoms with Crippen LogP contribution < -0.4 is 0 Å². The summed E-state index contributed by atoms with van der Waals surface area (Å²) in [7, 11) is 0. The Kier molecular flexibility index (Phi) is 5.22. The molecule has 128 valence electrons. The Hall–Kier alpha value is -2.55. The molecule has 0 spiro atoms. The summed E-state index contributed by atoms with van der Waals surface area (Å²) < 4.78 is 38.0. The van der Waals surface area contributed by atoms with E-state index in [0.717, 1.165) is 30.5 Å². The van der Waals surface area contributed by atoms with E-state index in [0.29, 0.717) is 0 Å². The Morgan fingerprint density at radius 2 is 1.12 bits per heavy atom. The summed E-state index contributed by atoms with van der Waals surface area (Å²) in [6, 6.07) is 25.9. The molecular formula is C22H19F3. The topological polar surface area (TPSA) is 0 Å². The van der Waals surface area contributed by atoms with E-state index in [1.54, 1.807) is 12.1 Å². The van der Waals surface area contributed by atoms with Crippen molar-refractivity contribution >= 4 is 0 Å². The molecule has 0 atom stereocenters. The number of rotatable bonds is 5. The van der Waals surface area contributed by atoms with Gasteiger partial charge in [0.25, 0.3) is 0 Å². The third kappa shape index (κ3) is 4.50. The highest BCUT2D eigenvalue weighted by Gasteiger charge is 2.29. The predicted octanol–water partition coefficient (Wildman–Crippen LogP) is 6.47. The lowest BCUT2D eigenvalue weighted by Gasteiger charge is -2.18. The van der Waals surface area contributed by atoms with Crippen molar-refractivity contribution in [2.24, 2.45) is 0 Å². The number of benzene rings is 3. The first-order chi connectivity index (χ1) is 12.0. The maximum Gasteiger partial charge on any atom is 0.416 e. The molecule has 25 heavy (non-hydrogen) atoms.